The Balaban J connectivity index is 2.70. The minimum absolute atomic E-state index is 0.502. The zero-order valence-corrected chi connectivity index (χ0v) is 10.2. The first-order valence-corrected chi connectivity index (χ1v) is 5.58. The first kappa shape index (κ1) is 12.9. The van der Waals surface area contributed by atoms with Crippen LogP contribution in [0.25, 0.3) is 0 Å². The highest BCUT2D eigenvalue weighted by atomic mass is 16.5. The maximum Gasteiger partial charge on any atom is 0.134 e. The number of nitrogens with zero attached hydrogens (tertiary/aromatic N) is 2. The lowest BCUT2D eigenvalue weighted by Crippen LogP contribution is -2.25. The summed E-state index contributed by atoms with van der Waals surface area (Å²) in [4.78, 5) is 6.29. The van der Waals surface area contributed by atoms with Crippen molar-refractivity contribution in [3.05, 3.63) is 23.9 Å². The number of pyridine rings is 1. The molecule has 90 valence electrons. The van der Waals surface area contributed by atoms with Crippen molar-refractivity contribution < 1.29 is 9.84 Å². The fourth-order valence-electron chi connectivity index (χ4n) is 1.51. The normalized spacial score (nSPS) is 12.5. The quantitative estimate of drug-likeness (QED) is 0.746. The van der Waals surface area contributed by atoms with E-state index in [1.54, 1.807) is 13.1 Å². The van der Waals surface area contributed by atoms with Crippen LogP contribution in [0.1, 0.15) is 25.5 Å². The van der Waals surface area contributed by atoms with Gasteiger partial charge in [-0.2, -0.15) is 0 Å². The number of hydrogen-bond donors (Lipinski definition) is 1. The van der Waals surface area contributed by atoms with E-state index in [1.807, 2.05) is 31.0 Å². The molecule has 1 heterocycles. The second-order valence-corrected chi connectivity index (χ2v) is 3.71. The summed E-state index contributed by atoms with van der Waals surface area (Å²) in [5, 5.41) is 9.63. The van der Waals surface area contributed by atoms with Gasteiger partial charge in [-0.1, -0.05) is 6.07 Å². The number of rotatable bonds is 6. The van der Waals surface area contributed by atoms with Crippen LogP contribution in [0.2, 0.25) is 0 Å². The van der Waals surface area contributed by atoms with Crippen molar-refractivity contribution >= 4 is 5.82 Å². The maximum absolute atomic E-state index is 9.63. The van der Waals surface area contributed by atoms with E-state index in [-0.39, 0.29) is 0 Å². The van der Waals surface area contributed by atoms with Gasteiger partial charge in [0.25, 0.3) is 0 Å². The second-order valence-electron chi connectivity index (χ2n) is 3.71. The van der Waals surface area contributed by atoms with E-state index in [9.17, 15) is 5.11 Å². The minimum Gasteiger partial charge on any atom is -0.389 e. The second kappa shape index (κ2) is 6.45. The van der Waals surface area contributed by atoms with E-state index in [0.717, 1.165) is 24.5 Å². The topological polar surface area (TPSA) is 45.6 Å². The van der Waals surface area contributed by atoms with E-state index in [0.29, 0.717) is 6.61 Å². The first-order valence-electron chi connectivity index (χ1n) is 5.58. The van der Waals surface area contributed by atoms with E-state index >= 15 is 0 Å². The van der Waals surface area contributed by atoms with Gasteiger partial charge in [0.1, 0.15) is 5.82 Å². The van der Waals surface area contributed by atoms with Gasteiger partial charge in [-0.3, -0.25) is 0 Å². The lowest BCUT2D eigenvalue weighted by molar-refractivity contribution is 0.154. The molecular weight excluding hydrogens is 204 g/mol. The molecule has 0 amide bonds. The van der Waals surface area contributed by atoms with Crippen molar-refractivity contribution in [2.45, 2.75) is 20.0 Å². The van der Waals surface area contributed by atoms with E-state index in [2.05, 4.69) is 4.98 Å². The summed E-state index contributed by atoms with van der Waals surface area (Å²) in [6.45, 7) is 5.88. The van der Waals surface area contributed by atoms with Gasteiger partial charge in [0, 0.05) is 32.0 Å². The summed E-state index contributed by atoms with van der Waals surface area (Å²) in [7, 11) is 1.95. The third-order valence-corrected chi connectivity index (χ3v) is 2.40. The average molecular weight is 224 g/mol. The lowest BCUT2D eigenvalue weighted by Gasteiger charge is -2.21. The van der Waals surface area contributed by atoms with E-state index in [4.69, 9.17) is 4.74 Å². The number of hydrogen-bond acceptors (Lipinski definition) is 4. The van der Waals surface area contributed by atoms with Crippen LogP contribution in [0.5, 0.6) is 0 Å². The Hall–Kier alpha value is -1.13. The van der Waals surface area contributed by atoms with Crippen LogP contribution < -0.4 is 4.90 Å². The Bertz CT molecular complexity index is 316. The number of ether oxygens (including phenoxy) is 1. The highest BCUT2D eigenvalue weighted by molar-refractivity contribution is 5.46. The van der Waals surface area contributed by atoms with E-state index in [1.165, 1.54) is 0 Å². The molecule has 1 N–H and O–H groups in total. The van der Waals surface area contributed by atoms with Crippen LogP contribution >= 0.6 is 0 Å². The Morgan fingerprint density at radius 3 is 2.94 bits per heavy atom. The van der Waals surface area contributed by atoms with Crippen molar-refractivity contribution in [1.29, 1.82) is 0 Å². The molecule has 0 aromatic carbocycles. The van der Waals surface area contributed by atoms with Crippen LogP contribution in [0, 0.1) is 0 Å². The summed E-state index contributed by atoms with van der Waals surface area (Å²) in [5.74, 6) is 0.817. The molecule has 0 aliphatic carbocycles. The van der Waals surface area contributed by atoms with Gasteiger partial charge in [-0.25, -0.2) is 4.98 Å². The molecule has 0 fully saturated rings. The Kier molecular flexibility index (Phi) is 5.22. The maximum atomic E-state index is 9.63. The zero-order valence-electron chi connectivity index (χ0n) is 10.2. The number of aliphatic hydroxyl groups excluding tert-OH is 1. The predicted molar refractivity (Wildman–Crippen MR) is 64.6 cm³/mol. The summed E-state index contributed by atoms with van der Waals surface area (Å²) in [6.07, 6.45) is 1.23. The van der Waals surface area contributed by atoms with Crippen molar-refractivity contribution in [1.82, 2.24) is 4.98 Å². The number of likely N-dealkylation sites (N-methyl/N-ethyl adjacent to an activating group) is 1. The highest BCUT2D eigenvalue weighted by Gasteiger charge is 2.11. The molecule has 0 unspecified atom stereocenters. The van der Waals surface area contributed by atoms with Crippen LogP contribution in [0.3, 0.4) is 0 Å². The van der Waals surface area contributed by atoms with Crippen molar-refractivity contribution in [3.63, 3.8) is 0 Å². The number of aromatic nitrogens is 1. The summed E-state index contributed by atoms with van der Waals surface area (Å²) in [5.41, 5.74) is 0.849. The van der Waals surface area contributed by atoms with Gasteiger partial charge in [0.05, 0.1) is 12.7 Å². The van der Waals surface area contributed by atoms with Gasteiger partial charge in [0.2, 0.25) is 0 Å². The Morgan fingerprint density at radius 1 is 1.56 bits per heavy atom. The van der Waals surface area contributed by atoms with Gasteiger partial charge in [-0.15, -0.1) is 0 Å². The predicted octanol–water partition coefficient (Wildman–Crippen LogP) is 1.61. The highest BCUT2D eigenvalue weighted by Crippen LogP contribution is 2.22. The fourth-order valence-corrected chi connectivity index (χ4v) is 1.51. The van der Waals surface area contributed by atoms with Gasteiger partial charge in [-0.05, 0) is 19.9 Å². The number of aliphatic hydroxyl groups is 1. The number of anilines is 1. The van der Waals surface area contributed by atoms with Gasteiger partial charge < -0.3 is 14.7 Å². The third-order valence-electron chi connectivity index (χ3n) is 2.40. The van der Waals surface area contributed by atoms with Crippen LogP contribution in [-0.4, -0.2) is 36.9 Å². The van der Waals surface area contributed by atoms with E-state index < -0.39 is 6.10 Å². The molecule has 1 rings (SSSR count). The molecule has 4 nitrogen and oxygen atoms in total. The van der Waals surface area contributed by atoms with Crippen molar-refractivity contribution in [2.75, 3.05) is 31.7 Å². The average Bonchev–Trinajstić information content (AvgIpc) is 2.29. The van der Waals surface area contributed by atoms with Crippen LogP contribution in [0.4, 0.5) is 5.82 Å². The molecule has 0 aliphatic heterocycles. The van der Waals surface area contributed by atoms with Crippen LogP contribution in [-0.2, 0) is 4.74 Å². The largest absolute Gasteiger partial charge is 0.389 e. The Morgan fingerprint density at radius 2 is 2.31 bits per heavy atom. The van der Waals surface area contributed by atoms with Gasteiger partial charge in [0.15, 0.2) is 0 Å². The lowest BCUT2D eigenvalue weighted by atomic mass is 10.1. The molecule has 1 aromatic heterocycles. The third kappa shape index (κ3) is 3.47. The molecule has 0 saturated carbocycles. The molecular formula is C12H20N2O2. The zero-order chi connectivity index (χ0) is 12.0. The molecule has 1 aromatic rings. The summed E-state index contributed by atoms with van der Waals surface area (Å²) in [6, 6.07) is 3.73. The fraction of sp³-hybridized carbons (Fsp3) is 0.583. The SMILES string of the molecule is CCOCCN(C)c1ncccc1[C@@H](C)O. The summed E-state index contributed by atoms with van der Waals surface area (Å²) >= 11 is 0. The molecule has 0 bridgehead atoms. The smallest absolute Gasteiger partial charge is 0.134 e. The van der Waals surface area contributed by atoms with Crippen molar-refractivity contribution in [3.8, 4) is 0 Å². The molecule has 0 spiro atoms. The molecule has 0 saturated heterocycles. The molecule has 0 radical (unpaired) electrons. The summed E-state index contributed by atoms with van der Waals surface area (Å²) < 4.78 is 5.29. The molecule has 1 atom stereocenters. The Labute approximate surface area is 96.9 Å². The molecule has 4 heteroatoms. The van der Waals surface area contributed by atoms with Gasteiger partial charge >= 0.3 is 0 Å². The van der Waals surface area contributed by atoms with Crippen LogP contribution in [0.15, 0.2) is 18.3 Å². The monoisotopic (exact) mass is 224 g/mol. The molecule has 16 heavy (non-hydrogen) atoms. The van der Waals surface area contributed by atoms with Crippen molar-refractivity contribution in [2.24, 2.45) is 0 Å². The first-order chi connectivity index (χ1) is 7.66. The molecule has 0 aliphatic rings. The minimum atomic E-state index is -0.502. The standard InChI is InChI=1S/C12H20N2O2/c1-4-16-9-8-14(3)12-11(10(2)15)6-5-7-13-12/h5-7,10,15H,4,8-9H2,1-3H3/t10-/m1/s1.